The molecule has 0 aromatic heterocycles. The van der Waals surface area contributed by atoms with Gasteiger partial charge >= 0.3 is 0 Å². The molecule has 0 atom stereocenters. The summed E-state index contributed by atoms with van der Waals surface area (Å²) in [6.45, 7) is 3.07. The number of rotatable bonds is 4. The zero-order valence-electron chi connectivity index (χ0n) is 9.32. The second-order valence-electron chi connectivity index (χ2n) is 4.20. The van der Waals surface area contributed by atoms with Crippen molar-refractivity contribution in [2.24, 2.45) is 5.92 Å². The molecule has 3 nitrogen and oxygen atoms in total. The molecule has 1 fully saturated rings. The van der Waals surface area contributed by atoms with E-state index in [0.717, 1.165) is 30.9 Å². The Labute approximate surface area is 101 Å². The van der Waals surface area contributed by atoms with Gasteiger partial charge in [-0.25, -0.2) is 0 Å². The Morgan fingerprint density at radius 2 is 2.25 bits per heavy atom. The first-order valence-corrected chi connectivity index (χ1v) is 5.76. The molecule has 88 valence electrons. The van der Waals surface area contributed by atoms with Crippen molar-refractivity contribution >= 4 is 11.6 Å². The minimum atomic E-state index is 0.286. The molecule has 1 aliphatic rings. The van der Waals surface area contributed by atoms with Crippen LogP contribution in [0.2, 0.25) is 5.02 Å². The van der Waals surface area contributed by atoms with Crippen molar-refractivity contribution in [3.8, 4) is 5.75 Å². The fourth-order valence-corrected chi connectivity index (χ4v) is 2.17. The third kappa shape index (κ3) is 2.48. The molecule has 0 spiro atoms. The average Bonchev–Trinajstić information content (AvgIpc) is 2.24. The van der Waals surface area contributed by atoms with Gasteiger partial charge in [0.15, 0.2) is 0 Å². The maximum atomic E-state index is 8.94. The van der Waals surface area contributed by atoms with E-state index >= 15 is 0 Å². The van der Waals surface area contributed by atoms with E-state index in [1.165, 1.54) is 0 Å². The average molecular weight is 242 g/mol. The minimum Gasteiger partial charge on any atom is -0.496 e. The van der Waals surface area contributed by atoms with Crippen molar-refractivity contribution < 1.29 is 9.84 Å². The summed E-state index contributed by atoms with van der Waals surface area (Å²) in [6.07, 6.45) is 0. The SMILES string of the molecule is COc1cc(Cl)ccc1CN1CC(CO)C1. The van der Waals surface area contributed by atoms with E-state index in [0.29, 0.717) is 10.9 Å². The molecule has 1 heterocycles. The van der Waals surface area contributed by atoms with E-state index in [9.17, 15) is 0 Å². The van der Waals surface area contributed by atoms with Crippen LogP contribution >= 0.6 is 11.6 Å². The van der Waals surface area contributed by atoms with Crippen molar-refractivity contribution in [3.63, 3.8) is 0 Å². The molecule has 0 unspecified atom stereocenters. The lowest BCUT2D eigenvalue weighted by atomic mass is 10.0. The predicted molar refractivity (Wildman–Crippen MR) is 63.9 cm³/mol. The summed E-state index contributed by atoms with van der Waals surface area (Å²) in [5.74, 6) is 1.28. The van der Waals surface area contributed by atoms with E-state index in [1.807, 2.05) is 18.2 Å². The van der Waals surface area contributed by atoms with Crippen molar-refractivity contribution in [2.45, 2.75) is 6.54 Å². The molecule has 0 saturated carbocycles. The summed E-state index contributed by atoms with van der Waals surface area (Å²) in [7, 11) is 1.65. The molecule has 16 heavy (non-hydrogen) atoms. The topological polar surface area (TPSA) is 32.7 Å². The van der Waals surface area contributed by atoms with E-state index in [2.05, 4.69) is 4.90 Å². The molecule has 0 amide bonds. The van der Waals surface area contributed by atoms with Crippen LogP contribution in [0.3, 0.4) is 0 Å². The number of likely N-dealkylation sites (tertiary alicyclic amines) is 1. The van der Waals surface area contributed by atoms with Gasteiger partial charge in [0.1, 0.15) is 5.75 Å². The van der Waals surface area contributed by atoms with E-state index in [-0.39, 0.29) is 6.61 Å². The molecule has 0 bridgehead atoms. The summed E-state index contributed by atoms with van der Waals surface area (Å²) in [6, 6.07) is 5.70. The molecule has 0 aliphatic carbocycles. The van der Waals surface area contributed by atoms with Gasteiger partial charge in [-0.1, -0.05) is 17.7 Å². The maximum Gasteiger partial charge on any atom is 0.124 e. The largest absolute Gasteiger partial charge is 0.496 e. The number of hydrogen-bond acceptors (Lipinski definition) is 3. The van der Waals surface area contributed by atoms with Gasteiger partial charge in [0.2, 0.25) is 0 Å². The van der Waals surface area contributed by atoms with Gasteiger partial charge in [0.05, 0.1) is 7.11 Å². The fourth-order valence-electron chi connectivity index (χ4n) is 2.01. The van der Waals surface area contributed by atoms with Crippen molar-refractivity contribution in [3.05, 3.63) is 28.8 Å². The normalized spacial score (nSPS) is 17.2. The zero-order valence-corrected chi connectivity index (χ0v) is 10.1. The van der Waals surface area contributed by atoms with Crippen LogP contribution in [0, 0.1) is 5.92 Å². The molecule has 1 aromatic rings. The standard InChI is InChI=1S/C12H16ClNO2/c1-16-12-4-11(13)3-2-10(12)7-14-5-9(6-14)8-15/h2-4,9,15H,5-8H2,1H3. The minimum absolute atomic E-state index is 0.286. The van der Waals surface area contributed by atoms with Crippen LogP contribution in [0.5, 0.6) is 5.75 Å². The summed E-state index contributed by atoms with van der Waals surface area (Å²) in [5, 5.41) is 9.63. The van der Waals surface area contributed by atoms with E-state index < -0.39 is 0 Å². The van der Waals surface area contributed by atoms with Crippen LogP contribution in [-0.2, 0) is 6.54 Å². The molecule has 2 rings (SSSR count). The lowest BCUT2D eigenvalue weighted by molar-refractivity contribution is 0.0474. The Morgan fingerprint density at radius 3 is 2.88 bits per heavy atom. The number of halogens is 1. The lowest BCUT2D eigenvalue weighted by Crippen LogP contribution is -2.47. The highest BCUT2D eigenvalue weighted by Crippen LogP contribution is 2.26. The van der Waals surface area contributed by atoms with Crippen molar-refractivity contribution in [1.82, 2.24) is 4.90 Å². The number of ether oxygens (including phenoxy) is 1. The molecular weight excluding hydrogens is 226 g/mol. The Hall–Kier alpha value is -0.770. The number of hydrogen-bond donors (Lipinski definition) is 1. The molecule has 4 heteroatoms. The van der Waals surface area contributed by atoms with Crippen LogP contribution in [0.25, 0.3) is 0 Å². The molecule has 1 aliphatic heterocycles. The quantitative estimate of drug-likeness (QED) is 0.872. The van der Waals surface area contributed by atoms with E-state index in [1.54, 1.807) is 7.11 Å². The summed E-state index contributed by atoms with van der Waals surface area (Å²) in [4.78, 5) is 2.28. The Bertz CT molecular complexity index is 364. The third-order valence-corrected chi connectivity index (χ3v) is 3.17. The summed E-state index contributed by atoms with van der Waals surface area (Å²) >= 11 is 5.90. The second kappa shape index (κ2) is 5.04. The number of nitrogens with zero attached hydrogens (tertiary/aromatic N) is 1. The van der Waals surface area contributed by atoms with Crippen LogP contribution in [-0.4, -0.2) is 36.8 Å². The van der Waals surface area contributed by atoms with Gasteiger partial charge in [0, 0.05) is 42.7 Å². The Morgan fingerprint density at radius 1 is 1.50 bits per heavy atom. The highest BCUT2D eigenvalue weighted by molar-refractivity contribution is 6.30. The fraction of sp³-hybridized carbons (Fsp3) is 0.500. The Kier molecular flexibility index (Phi) is 3.69. The Balaban J connectivity index is 1.99. The molecule has 1 saturated heterocycles. The maximum absolute atomic E-state index is 8.94. The van der Waals surface area contributed by atoms with Gasteiger partial charge in [-0.15, -0.1) is 0 Å². The smallest absolute Gasteiger partial charge is 0.124 e. The van der Waals surface area contributed by atoms with Crippen LogP contribution in [0.15, 0.2) is 18.2 Å². The van der Waals surface area contributed by atoms with Gasteiger partial charge in [-0.3, -0.25) is 4.90 Å². The first-order valence-electron chi connectivity index (χ1n) is 5.38. The molecular formula is C12H16ClNO2. The number of aliphatic hydroxyl groups excluding tert-OH is 1. The van der Waals surface area contributed by atoms with E-state index in [4.69, 9.17) is 21.4 Å². The first-order chi connectivity index (χ1) is 7.72. The highest BCUT2D eigenvalue weighted by atomic mass is 35.5. The lowest BCUT2D eigenvalue weighted by Gasteiger charge is -2.38. The van der Waals surface area contributed by atoms with Gasteiger partial charge in [-0.2, -0.15) is 0 Å². The monoisotopic (exact) mass is 241 g/mol. The van der Waals surface area contributed by atoms with Crippen LogP contribution < -0.4 is 4.74 Å². The zero-order chi connectivity index (χ0) is 11.5. The third-order valence-electron chi connectivity index (χ3n) is 2.93. The highest BCUT2D eigenvalue weighted by Gasteiger charge is 2.26. The molecule has 1 aromatic carbocycles. The van der Waals surface area contributed by atoms with Gasteiger partial charge < -0.3 is 9.84 Å². The summed E-state index contributed by atoms with van der Waals surface area (Å²) < 4.78 is 5.29. The van der Waals surface area contributed by atoms with Gasteiger partial charge in [0.25, 0.3) is 0 Å². The number of aliphatic hydroxyl groups is 1. The number of benzene rings is 1. The van der Waals surface area contributed by atoms with Gasteiger partial charge in [-0.05, 0) is 12.1 Å². The summed E-state index contributed by atoms with van der Waals surface area (Å²) in [5.41, 5.74) is 1.14. The first kappa shape index (κ1) is 11.7. The van der Waals surface area contributed by atoms with Crippen LogP contribution in [0.1, 0.15) is 5.56 Å². The van der Waals surface area contributed by atoms with Crippen molar-refractivity contribution in [1.29, 1.82) is 0 Å². The predicted octanol–water partition coefficient (Wildman–Crippen LogP) is 1.77. The molecule has 0 radical (unpaired) electrons. The number of methoxy groups -OCH3 is 1. The second-order valence-corrected chi connectivity index (χ2v) is 4.64. The molecule has 1 N–H and O–H groups in total. The van der Waals surface area contributed by atoms with Crippen LogP contribution in [0.4, 0.5) is 0 Å². The van der Waals surface area contributed by atoms with Crippen molar-refractivity contribution in [2.75, 3.05) is 26.8 Å².